The number of hydrogen-bond donors (Lipinski definition) is 1. The normalized spacial score (nSPS) is 10.4. The van der Waals surface area contributed by atoms with E-state index in [2.05, 4.69) is 21.2 Å². The summed E-state index contributed by atoms with van der Waals surface area (Å²) < 4.78 is 12.1. The Morgan fingerprint density at radius 2 is 1.80 bits per heavy atom. The molecule has 2 aromatic rings. The van der Waals surface area contributed by atoms with Crippen LogP contribution in [0.15, 0.2) is 22.7 Å². The second-order valence-electron chi connectivity index (χ2n) is 3.87. The molecule has 3 nitrogen and oxygen atoms in total. The van der Waals surface area contributed by atoms with E-state index >= 15 is 0 Å². The maximum atomic E-state index is 6.21. The van der Waals surface area contributed by atoms with Gasteiger partial charge >= 0.3 is 0 Å². The van der Waals surface area contributed by atoms with Gasteiger partial charge in [0.05, 0.1) is 24.9 Å². The van der Waals surface area contributed by atoms with Crippen LogP contribution >= 0.6 is 50.5 Å². The van der Waals surface area contributed by atoms with Crippen molar-refractivity contribution < 1.29 is 9.47 Å². The minimum Gasteiger partial charge on any atom is -0.493 e. The molecule has 0 aliphatic carbocycles. The van der Waals surface area contributed by atoms with Gasteiger partial charge in [-0.25, -0.2) is 0 Å². The van der Waals surface area contributed by atoms with Gasteiger partial charge in [0, 0.05) is 28.0 Å². The molecule has 0 aliphatic heterocycles. The minimum atomic E-state index is 0.573. The molecule has 0 unspecified atom stereocenters. The lowest BCUT2D eigenvalue weighted by molar-refractivity contribution is 0.355. The van der Waals surface area contributed by atoms with E-state index in [0.717, 1.165) is 19.4 Å². The summed E-state index contributed by atoms with van der Waals surface area (Å²) >= 11 is 17.1. The van der Waals surface area contributed by atoms with E-state index < -0.39 is 0 Å². The number of ether oxygens (including phenoxy) is 2. The Hall–Kier alpha value is -0.620. The van der Waals surface area contributed by atoms with E-state index in [0.29, 0.717) is 23.1 Å². The first-order chi connectivity index (χ1) is 9.55. The fourth-order valence-electron chi connectivity index (χ4n) is 1.65. The fraction of sp³-hybridized carbons (Fsp3) is 0.231. The Morgan fingerprint density at radius 3 is 2.35 bits per heavy atom. The van der Waals surface area contributed by atoms with Crippen LogP contribution in [-0.4, -0.2) is 14.2 Å². The molecule has 0 atom stereocenters. The maximum absolute atomic E-state index is 6.21. The molecule has 1 aromatic carbocycles. The summed E-state index contributed by atoms with van der Waals surface area (Å²) in [7, 11) is 3.16. The molecule has 0 spiro atoms. The Kier molecular flexibility index (Phi) is 5.43. The van der Waals surface area contributed by atoms with Crippen LogP contribution in [0.3, 0.4) is 0 Å². The van der Waals surface area contributed by atoms with E-state index in [1.807, 2.05) is 12.1 Å². The topological polar surface area (TPSA) is 30.5 Å². The van der Waals surface area contributed by atoms with Crippen molar-refractivity contribution >= 4 is 56.2 Å². The number of benzene rings is 1. The maximum Gasteiger partial charge on any atom is 0.162 e. The first-order valence-corrected chi connectivity index (χ1v) is 8.00. The number of anilines is 1. The van der Waals surface area contributed by atoms with Gasteiger partial charge in [-0.3, -0.25) is 0 Å². The first kappa shape index (κ1) is 15.8. The summed E-state index contributed by atoms with van der Waals surface area (Å²) in [6, 6.07) is 5.51. The van der Waals surface area contributed by atoms with Crippen LogP contribution in [0.5, 0.6) is 11.5 Å². The SMILES string of the molecule is COc1cc(Cl)c(NCc2cc(Br)c(Cl)s2)cc1OC. The van der Waals surface area contributed by atoms with E-state index in [-0.39, 0.29) is 0 Å². The van der Waals surface area contributed by atoms with Crippen molar-refractivity contribution in [1.29, 1.82) is 0 Å². The molecule has 1 N–H and O–H groups in total. The van der Waals surface area contributed by atoms with Gasteiger partial charge in [0.25, 0.3) is 0 Å². The third kappa shape index (κ3) is 3.52. The number of nitrogens with one attached hydrogen (secondary N) is 1. The van der Waals surface area contributed by atoms with Crippen LogP contribution in [0.2, 0.25) is 9.36 Å². The van der Waals surface area contributed by atoms with Crippen molar-refractivity contribution in [3.05, 3.63) is 36.9 Å². The van der Waals surface area contributed by atoms with Crippen molar-refractivity contribution in [1.82, 2.24) is 0 Å². The average molecular weight is 397 g/mol. The molecule has 108 valence electrons. The molecule has 0 aliphatic rings. The van der Waals surface area contributed by atoms with Crippen LogP contribution in [0.4, 0.5) is 5.69 Å². The van der Waals surface area contributed by atoms with Crippen molar-refractivity contribution in [2.75, 3.05) is 19.5 Å². The smallest absolute Gasteiger partial charge is 0.162 e. The van der Waals surface area contributed by atoms with Crippen LogP contribution in [0.1, 0.15) is 4.88 Å². The van der Waals surface area contributed by atoms with Crippen molar-refractivity contribution in [2.45, 2.75) is 6.54 Å². The van der Waals surface area contributed by atoms with Gasteiger partial charge in [-0.05, 0) is 22.0 Å². The van der Waals surface area contributed by atoms with Gasteiger partial charge in [-0.1, -0.05) is 23.2 Å². The summed E-state index contributed by atoms with van der Waals surface area (Å²) in [6.45, 7) is 0.630. The lowest BCUT2D eigenvalue weighted by Gasteiger charge is -2.12. The van der Waals surface area contributed by atoms with E-state index in [1.165, 1.54) is 11.3 Å². The number of rotatable bonds is 5. The van der Waals surface area contributed by atoms with Gasteiger partial charge in [0.15, 0.2) is 11.5 Å². The lowest BCUT2D eigenvalue weighted by Crippen LogP contribution is -1.99. The largest absolute Gasteiger partial charge is 0.493 e. The molecule has 0 fully saturated rings. The molecule has 20 heavy (non-hydrogen) atoms. The number of thiophene rings is 1. The molecular formula is C13H12BrCl2NO2S. The Bertz CT molecular complexity index is 599. The highest BCUT2D eigenvalue weighted by atomic mass is 79.9. The quantitative estimate of drug-likeness (QED) is 0.729. The predicted molar refractivity (Wildman–Crippen MR) is 88.9 cm³/mol. The van der Waals surface area contributed by atoms with E-state index in [1.54, 1.807) is 20.3 Å². The van der Waals surface area contributed by atoms with E-state index in [4.69, 9.17) is 32.7 Å². The number of methoxy groups -OCH3 is 2. The molecule has 0 amide bonds. The van der Waals surface area contributed by atoms with Gasteiger partial charge in [0.2, 0.25) is 0 Å². The van der Waals surface area contributed by atoms with Gasteiger partial charge in [-0.2, -0.15) is 0 Å². The summed E-state index contributed by atoms with van der Waals surface area (Å²) in [5.41, 5.74) is 0.782. The number of halogens is 3. The molecule has 0 saturated heterocycles. The molecular weight excluding hydrogens is 385 g/mol. The monoisotopic (exact) mass is 395 g/mol. The summed E-state index contributed by atoms with van der Waals surface area (Å²) in [4.78, 5) is 1.10. The van der Waals surface area contributed by atoms with Crippen molar-refractivity contribution in [2.24, 2.45) is 0 Å². The van der Waals surface area contributed by atoms with Crippen LogP contribution in [-0.2, 0) is 6.54 Å². The molecule has 0 radical (unpaired) electrons. The zero-order chi connectivity index (χ0) is 14.7. The fourth-order valence-corrected chi connectivity index (χ4v) is 3.60. The van der Waals surface area contributed by atoms with Crippen LogP contribution < -0.4 is 14.8 Å². The highest BCUT2D eigenvalue weighted by Gasteiger charge is 2.10. The third-order valence-electron chi connectivity index (χ3n) is 2.62. The predicted octanol–water partition coefficient (Wildman–Crippen LogP) is 5.45. The van der Waals surface area contributed by atoms with Crippen molar-refractivity contribution in [3.8, 4) is 11.5 Å². The minimum absolute atomic E-state index is 0.573. The summed E-state index contributed by atoms with van der Waals surface area (Å²) in [6.07, 6.45) is 0. The first-order valence-electron chi connectivity index (χ1n) is 5.64. The van der Waals surface area contributed by atoms with Crippen LogP contribution in [0.25, 0.3) is 0 Å². The van der Waals surface area contributed by atoms with Gasteiger partial charge < -0.3 is 14.8 Å². The molecule has 7 heteroatoms. The average Bonchev–Trinajstić information content (AvgIpc) is 2.76. The van der Waals surface area contributed by atoms with Gasteiger partial charge in [-0.15, -0.1) is 11.3 Å². The molecule has 0 saturated carbocycles. The summed E-state index contributed by atoms with van der Waals surface area (Å²) in [5.74, 6) is 1.23. The highest BCUT2D eigenvalue weighted by Crippen LogP contribution is 2.37. The highest BCUT2D eigenvalue weighted by molar-refractivity contribution is 9.10. The zero-order valence-corrected chi connectivity index (χ0v) is 14.7. The van der Waals surface area contributed by atoms with Crippen LogP contribution in [0, 0.1) is 0 Å². The molecule has 1 aromatic heterocycles. The standard InChI is InChI=1S/C13H12BrCl2NO2S/c1-18-11-4-9(15)10(5-12(11)19-2)17-6-7-3-8(14)13(16)20-7/h3-5,17H,6H2,1-2H3. The second-order valence-corrected chi connectivity index (χ2v) is 6.88. The van der Waals surface area contributed by atoms with E-state index in [9.17, 15) is 0 Å². The Balaban J connectivity index is 2.16. The van der Waals surface area contributed by atoms with Gasteiger partial charge in [0.1, 0.15) is 4.34 Å². The lowest BCUT2D eigenvalue weighted by atomic mass is 10.2. The molecule has 0 bridgehead atoms. The molecule has 1 heterocycles. The third-order valence-corrected chi connectivity index (χ3v) is 5.41. The Labute approximate surface area is 139 Å². The molecule has 2 rings (SSSR count). The van der Waals surface area contributed by atoms with Crippen molar-refractivity contribution in [3.63, 3.8) is 0 Å². The summed E-state index contributed by atoms with van der Waals surface area (Å²) in [5, 5.41) is 3.83. The Morgan fingerprint density at radius 1 is 1.15 bits per heavy atom. The zero-order valence-electron chi connectivity index (χ0n) is 10.8. The number of hydrogen-bond acceptors (Lipinski definition) is 4. The second kappa shape index (κ2) is 6.89.